The molecule has 0 saturated heterocycles. The smallest absolute Gasteiger partial charge is 0.220 e. The van der Waals surface area contributed by atoms with Crippen LogP contribution in [0.2, 0.25) is 0 Å². The molecule has 0 bridgehead atoms. The van der Waals surface area contributed by atoms with Crippen molar-refractivity contribution in [2.75, 3.05) is 0 Å². The summed E-state index contributed by atoms with van der Waals surface area (Å²) in [7, 11) is 0. The van der Waals surface area contributed by atoms with Gasteiger partial charge in [0.1, 0.15) is 12.2 Å². The number of aromatic nitrogens is 1. The number of hydrogen-bond acceptors (Lipinski definition) is 4. The zero-order valence-electron chi connectivity index (χ0n) is 14.7. The average molecular weight is 363 g/mol. The number of Topliss-reactive ketones (excluding diaryl/α,β-unsaturated/α-hetero) is 1. The number of thiazole rings is 1. The molecule has 1 aromatic heterocycles. The van der Waals surface area contributed by atoms with Crippen molar-refractivity contribution in [3.05, 3.63) is 101 Å². The first-order valence-electron chi connectivity index (χ1n) is 8.51. The monoisotopic (exact) mass is 363 g/mol. The number of carbonyl (C=O) groups is 1. The summed E-state index contributed by atoms with van der Waals surface area (Å²) in [5.74, 6) is -0.0973. The molecular weight excluding hydrogens is 342 g/mol. The largest absolute Gasteiger partial charge is 0.357 e. The fourth-order valence-electron chi connectivity index (χ4n) is 2.75. The second-order valence-electron chi connectivity index (χ2n) is 6.01. The van der Waals surface area contributed by atoms with Crippen LogP contribution in [0.5, 0.6) is 0 Å². The zero-order valence-corrected chi connectivity index (χ0v) is 15.5. The minimum atomic E-state index is -0.622. The Kier molecular flexibility index (Phi) is 6.10. The van der Waals surface area contributed by atoms with E-state index in [1.807, 2.05) is 73.0 Å². The van der Waals surface area contributed by atoms with Gasteiger partial charge < -0.3 is 4.74 Å². The van der Waals surface area contributed by atoms with Gasteiger partial charge in [-0.15, -0.1) is 17.9 Å². The van der Waals surface area contributed by atoms with Crippen LogP contribution < -0.4 is 0 Å². The highest BCUT2D eigenvalue weighted by atomic mass is 32.1. The summed E-state index contributed by atoms with van der Waals surface area (Å²) in [6, 6.07) is 19.9. The predicted octanol–water partition coefficient (Wildman–Crippen LogP) is 5.39. The standard InChI is InChI=1S/C22H21NO2S/c1-3-10-19(20(24)22-23-16(2)15-26-22)25-21(17-11-6-4-7-12-17)18-13-8-5-9-14-18/h3-9,11-15,19,21H,1,10H2,2H3. The molecule has 3 nitrogen and oxygen atoms in total. The van der Waals surface area contributed by atoms with Crippen molar-refractivity contribution in [1.29, 1.82) is 0 Å². The number of carbonyl (C=O) groups excluding carboxylic acids is 1. The van der Waals surface area contributed by atoms with E-state index in [1.165, 1.54) is 11.3 Å². The number of aryl methyl sites for hydroxylation is 1. The molecule has 1 heterocycles. The summed E-state index contributed by atoms with van der Waals surface area (Å²) in [6.07, 6.45) is 1.21. The third-order valence-electron chi connectivity index (χ3n) is 4.01. The van der Waals surface area contributed by atoms with Gasteiger partial charge in [-0.1, -0.05) is 66.7 Å². The van der Waals surface area contributed by atoms with Gasteiger partial charge >= 0.3 is 0 Å². The number of rotatable bonds is 8. The summed E-state index contributed by atoms with van der Waals surface area (Å²) in [5.41, 5.74) is 2.87. The van der Waals surface area contributed by atoms with Crippen molar-refractivity contribution in [3.8, 4) is 0 Å². The number of benzene rings is 2. The van der Waals surface area contributed by atoms with Crippen molar-refractivity contribution in [2.45, 2.75) is 25.6 Å². The molecule has 132 valence electrons. The fourth-order valence-corrected chi connectivity index (χ4v) is 3.53. The average Bonchev–Trinajstić information content (AvgIpc) is 3.12. The maximum absolute atomic E-state index is 12.9. The highest BCUT2D eigenvalue weighted by Crippen LogP contribution is 2.29. The molecule has 3 rings (SSSR count). The minimum Gasteiger partial charge on any atom is -0.357 e. The highest BCUT2D eigenvalue weighted by molar-refractivity contribution is 7.11. The predicted molar refractivity (Wildman–Crippen MR) is 106 cm³/mol. The van der Waals surface area contributed by atoms with Gasteiger partial charge in [-0.05, 0) is 24.5 Å². The Balaban J connectivity index is 1.92. The molecule has 0 fully saturated rings. The van der Waals surface area contributed by atoms with E-state index in [0.29, 0.717) is 11.4 Å². The van der Waals surface area contributed by atoms with Gasteiger partial charge in [0.15, 0.2) is 5.01 Å². The molecule has 1 atom stereocenters. The van der Waals surface area contributed by atoms with E-state index in [0.717, 1.165) is 16.8 Å². The summed E-state index contributed by atoms with van der Waals surface area (Å²) in [4.78, 5) is 17.2. The van der Waals surface area contributed by atoms with Crippen LogP contribution in [0.3, 0.4) is 0 Å². The lowest BCUT2D eigenvalue weighted by Gasteiger charge is -2.24. The Morgan fingerprint density at radius 2 is 1.69 bits per heavy atom. The second-order valence-corrected chi connectivity index (χ2v) is 6.87. The van der Waals surface area contributed by atoms with Crippen molar-refractivity contribution in [3.63, 3.8) is 0 Å². The molecule has 2 aromatic carbocycles. The normalized spacial score (nSPS) is 12.1. The van der Waals surface area contributed by atoms with E-state index in [-0.39, 0.29) is 11.9 Å². The van der Waals surface area contributed by atoms with Crippen molar-refractivity contribution in [2.24, 2.45) is 0 Å². The topological polar surface area (TPSA) is 39.2 Å². The second kappa shape index (κ2) is 8.70. The highest BCUT2D eigenvalue weighted by Gasteiger charge is 2.27. The lowest BCUT2D eigenvalue weighted by Crippen LogP contribution is -2.26. The maximum Gasteiger partial charge on any atom is 0.220 e. The molecule has 4 heteroatoms. The molecule has 0 spiro atoms. The van der Waals surface area contributed by atoms with Gasteiger partial charge in [0.05, 0.1) is 0 Å². The third-order valence-corrected chi connectivity index (χ3v) is 4.98. The van der Waals surface area contributed by atoms with Crippen LogP contribution in [0.25, 0.3) is 0 Å². The van der Waals surface area contributed by atoms with Gasteiger partial charge in [-0.3, -0.25) is 4.79 Å². The van der Waals surface area contributed by atoms with Crippen molar-refractivity contribution in [1.82, 2.24) is 4.98 Å². The summed E-state index contributed by atoms with van der Waals surface area (Å²) in [5, 5.41) is 2.36. The SMILES string of the molecule is C=CCC(OC(c1ccccc1)c1ccccc1)C(=O)c1nc(C)cs1. The van der Waals surface area contributed by atoms with E-state index in [1.54, 1.807) is 6.08 Å². The quantitative estimate of drug-likeness (QED) is 0.398. The van der Waals surface area contributed by atoms with E-state index < -0.39 is 6.10 Å². The molecule has 1 unspecified atom stereocenters. The molecule has 3 aromatic rings. The zero-order chi connectivity index (χ0) is 18.4. The first-order valence-corrected chi connectivity index (χ1v) is 9.39. The lowest BCUT2D eigenvalue weighted by atomic mass is 10.0. The van der Waals surface area contributed by atoms with Crippen molar-refractivity contribution < 1.29 is 9.53 Å². The van der Waals surface area contributed by atoms with E-state index in [2.05, 4.69) is 11.6 Å². The Labute approximate surface area is 158 Å². The van der Waals surface area contributed by atoms with Gasteiger partial charge in [0, 0.05) is 11.1 Å². The molecule has 0 N–H and O–H groups in total. The van der Waals surface area contributed by atoms with E-state index in [9.17, 15) is 4.79 Å². The van der Waals surface area contributed by atoms with Crippen LogP contribution in [0, 0.1) is 6.92 Å². The van der Waals surface area contributed by atoms with Crippen molar-refractivity contribution >= 4 is 17.1 Å². The Hall–Kier alpha value is -2.56. The van der Waals surface area contributed by atoms with E-state index >= 15 is 0 Å². The first-order chi connectivity index (χ1) is 12.7. The van der Waals surface area contributed by atoms with Crippen LogP contribution in [-0.4, -0.2) is 16.9 Å². The van der Waals surface area contributed by atoms with Gasteiger partial charge in [-0.25, -0.2) is 4.98 Å². The minimum absolute atomic E-state index is 0.0973. The molecular formula is C22H21NO2S. The molecule has 0 aliphatic rings. The van der Waals surface area contributed by atoms with Gasteiger partial charge in [0.2, 0.25) is 5.78 Å². The van der Waals surface area contributed by atoms with E-state index in [4.69, 9.17) is 4.74 Å². The van der Waals surface area contributed by atoms with Crippen LogP contribution in [0.4, 0.5) is 0 Å². The number of ether oxygens (including phenoxy) is 1. The maximum atomic E-state index is 12.9. The molecule has 0 radical (unpaired) electrons. The summed E-state index contributed by atoms with van der Waals surface area (Å²) in [6.45, 7) is 5.67. The Bertz CT molecular complexity index is 819. The first kappa shape index (κ1) is 18.2. The molecule has 0 saturated carbocycles. The Morgan fingerprint density at radius 3 is 2.15 bits per heavy atom. The molecule has 0 aliphatic heterocycles. The molecule has 0 amide bonds. The number of ketones is 1. The molecule has 0 aliphatic carbocycles. The Morgan fingerprint density at radius 1 is 1.12 bits per heavy atom. The lowest BCUT2D eigenvalue weighted by molar-refractivity contribution is 0.0140. The third kappa shape index (κ3) is 4.34. The number of hydrogen-bond donors (Lipinski definition) is 0. The van der Waals surface area contributed by atoms with Crippen LogP contribution in [-0.2, 0) is 4.74 Å². The van der Waals surface area contributed by atoms with Gasteiger partial charge in [0.25, 0.3) is 0 Å². The van der Waals surface area contributed by atoms with Crippen LogP contribution in [0.1, 0.15) is 39.1 Å². The molecule has 26 heavy (non-hydrogen) atoms. The van der Waals surface area contributed by atoms with Crippen LogP contribution in [0.15, 0.2) is 78.7 Å². The summed E-state index contributed by atoms with van der Waals surface area (Å²) < 4.78 is 6.33. The van der Waals surface area contributed by atoms with Gasteiger partial charge in [-0.2, -0.15) is 0 Å². The summed E-state index contributed by atoms with van der Waals surface area (Å²) >= 11 is 1.36. The fraction of sp³-hybridized carbons (Fsp3) is 0.182. The number of nitrogens with zero attached hydrogens (tertiary/aromatic N) is 1. The van der Waals surface area contributed by atoms with Crippen LogP contribution >= 0.6 is 11.3 Å².